The average molecular weight is 240 g/mol. The van der Waals surface area contributed by atoms with Crippen LogP contribution in [0.2, 0.25) is 0 Å². The molecule has 2 aliphatic rings. The molecule has 0 bridgehead atoms. The van der Waals surface area contributed by atoms with Crippen molar-refractivity contribution < 1.29 is 5.11 Å². The van der Waals surface area contributed by atoms with Crippen LogP contribution in [0, 0.1) is 17.8 Å². The minimum Gasteiger partial charge on any atom is -0.393 e. The second-order valence-corrected chi connectivity index (χ2v) is 6.51. The first kappa shape index (κ1) is 15.0. The number of rotatable bonds is 1. The molecule has 0 aromatic heterocycles. The van der Waals surface area contributed by atoms with Gasteiger partial charge in [0.05, 0.1) is 6.10 Å². The summed E-state index contributed by atoms with van der Waals surface area (Å²) >= 11 is 0. The molecule has 1 N–H and O–H groups in total. The molecule has 0 aliphatic heterocycles. The molecular weight excluding hydrogens is 208 g/mol. The first-order valence-electron chi connectivity index (χ1n) is 7.79. The lowest BCUT2D eigenvalue weighted by Gasteiger charge is -2.33. The molecule has 0 aromatic carbocycles. The molecule has 102 valence electrons. The highest BCUT2D eigenvalue weighted by Gasteiger charge is 2.28. The third kappa shape index (κ3) is 5.90. The van der Waals surface area contributed by atoms with E-state index in [9.17, 15) is 5.11 Å². The summed E-state index contributed by atoms with van der Waals surface area (Å²) in [6.45, 7) is 6.66. The van der Waals surface area contributed by atoms with E-state index in [0.29, 0.717) is 11.8 Å². The van der Waals surface area contributed by atoms with Crippen molar-refractivity contribution in [3.8, 4) is 0 Å². The van der Waals surface area contributed by atoms with Crippen molar-refractivity contribution in [3.05, 3.63) is 0 Å². The van der Waals surface area contributed by atoms with Gasteiger partial charge in [-0.25, -0.2) is 0 Å². The standard InChI is InChI=1S/C10H20O.C6H12/c1-7(2)9-5-4-8(3)6-10(9)11;1-2-4-6-5-3-1/h7-11H,4-6H2,1-3H3;1-6H2. The van der Waals surface area contributed by atoms with E-state index in [1.54, 1.807) is 0 Å². The molecule has 0 spiro atoms. The van der Waals surface area contributed by atoms with Gasteiger partial charge in [-0.05, 0) is 30.6 Å². The Morgan fingerprint density at radius 3 is 1.71 bits per heavy atom. The smallest absolute Gasteiger partial charge is 0.0573 e. The van der Waals surface area contributed by atoms with E-state index in [4.69, 9.17) is 0 Å². The Bertz CT molecular complexity index is 172. The van der Waals surface area contributed by atoms with Gasteiger partial charge in [0.1, 0.15) is 0 Å². The molecule has 3 atom stereocenters. The molecule has 1 heteroatoms. The van der Waals surface area contributed by atoms with Gasteiger partial charge in [0, 0.05) is 0 Å². The lowest BCUT2D eigenvalue weighted by atomic mass is 9.75. The fourth-order valence-electron chi connectivity index (χ4n) is 3.21. The summed E-state index contributed by atoms with van der Waals surface area (Å²) in [5.74, 6) is 1.95. The van der Waals surface area contributed by atoms with Gasteiger partial charge in [0.15, 0.2) is 0 Å². The molecule has 2 aliphatic carbocycles. The summed E-state index contributed by atoms with van der Waals surface area (Å²) in [5.41, 5.74) is 0. The Labute approximate surface area is 108 Å². The maximum atomic E-state index is 9.71. The SMILES string of the molecule is C1CCCCC1.CC1CCC(C(C)C)C(O)C1. The Hall–Kier alpha value is -0.0400. The fraction of sp³-hybridized carbons (Fsp3) is 1.00. The van der Waals surface area contributed by atoms with E-state index < -0.39 is 0 Å². The topological polar surface area (TPSA) is 20.2 Å². The normalized spacial score (nSPS) is 34.1. The van der Waals surface area contributed by atoms with Crippen molar-refractivity contribution in [3.63, 3.8) is 0 Å². The maximum Gasteiger partial charge on any atom is 0.0573 e. The molecule has 0 radical (unpaired) electrons. The largest absolute Gasteiger partial charge is 0.393 e. The van der Waals surface area contributed by atoms with E-state index in [1.165, 1.54) is 51.4 Å². The number of aliphatic hydroxyl groups excluding tert-OH is 1. The lowest BCUT2D eigenvalue weighted by molar-refractivity contribution is 0.0266. The van der Waals surface area contributed by atoms with Crippen LogP contribution < -0.4 is 0 Å². The van der Waals surface area contributed by atoms with Crippen LogP contribution in [0.15, 0.2) is 0 Å². The van der Waals surface area contributed by atoms with Crippen LogP contribution in [0.5, 0.6) is 0 Å². The van der Waals surface area contributed by atoms with Crippen molar-refractivity contribution in [2.24, 2.45) is 17.8 Å². The number of aliphatic hydroxyl groups is 1. The van der Waals surface area contributed by atoms with Gasteiger partial charge in [0.25, 0.3) is 0 Å². The van der Waals surface area contributed by atoms with Crippen LogP contribution in [0.3, 0.4) is 0 Å². The molecular formula is C16H32O. The van der Waals surface area contributed by atoms with Crippen molar-refractivity contribution >= 4 is 0 Å². The van der Waals surface area contributed by atoms with Crippen LogP contribution in [-0.4, -0.2) is 11.2 Å². The van der Waals surface area contributed by atoms with Crippen molar-refractivity contribution in [1.29, 1.82) is 0 Å². The molecule has 1 nitrogen and oxygen atoms in total. The van der Waals surface area contributed by atoms with Gasteiger partial charge < -0.3 is 5.11 Å². The Morgan fingerprint density at radius 1 is 0.882 bits per heavy atom. The molecule has 0 heterocycles. The van der Waals surface area contributed by atoms with Gasteiger partial charge >= 0.3 is 0 Å². The van der Waals surface area contributed by atoms with Crippen LogP contribution in [0.25, 0.3) is 0 Å². The maximum absolute atomic E-state index is 9.71. The zero-order chi connectivity index (χ0) is 12.7. The minimum atomic E-state index is -0.0289. The van der Waals surface area contributed by atoms with Crippen LogP contribution >= 0.6 is 0 Å². The highest BCUT2D eigenvalue weighted by atomic mass is 16.3. The van der Waals surface area contributed by atoms with Crippen LogP contribution in [0.4, 0.5) is 0 Å². The second-order valence-electron chi connectivity index (χ2n) is 6.51. The summed E-state index contributed by atoms with van der Waals surface area (Å²) in [5, 5.41) is 9.71. The summed E-state index contributed by atoms with van der Waals surface area (Å²) in [4.78, 5) is 0. The van der Waals surface area contributed by atoms with Crippen LogP contribution in [0.1, 0.15) is 78.6 Å². The zero-order valence-electron chi connectivity index (χ0n) is 12.1. The molecule has 2 rings (SSSR count). The minimum absolute atomic E-state index is 0.0289. The molecule has 0 aromatic rings. The Kier molecular flexibility index (Phi) is 7.18. The van der Waals surface area contributed by atoms with Crippen molar-refractivity contribution in [2.45, 2.75) is 84.7 Å². The highest BCUT2D eigenvalue weighted by Crippen LogP contribution is 2.33. The lowest BCUT2D eigenvalue weighted by Crippen LogP contribution is -2.31. The Morgan fingerprint density at radius 2 is 1.35 bits per heavy atom. The third-order valence-electron chi connectivity index (χ3n) is 4.49. The van der Waals surface area contributed by atoms with E-state index in [1.807, 2.05) is 0 Å². The van der Waals surface area contributed by atoms with Gasteiger partial charge in [-0.1, -0.05) is 65.7 Å². The van der Waals surface area contributed by atoms with Gasteiger partial charge in [-0.3, -0.25) is 0 Å². The van der Waals surface area contributed by atoms with E-state index in [2.05, 4.69) is 20.8 Å². The number of hydrogen-bond acceptors (Lipinski definition) is 1. The van der Waals surface area contributed by atoms with Crippen molar-refractivity contribution in [2.75, 3.05) is 0 Å². The molecule has 17 heavy (non-hydrogen) atoms. The number of hydrogen-bond donors (Lipinski definition) is 1. The molecule has 0 amide bonds. The third-order valence-corrected chi connectivity index (χ3v) is 4.49. The predicted octanol–water partition coefficient (Wildman–Crippen LogP) is 4.78. The van der Waals surface area contributed by atoms with Gasteiger partial charge in [-0.2, -0.15) is 0 Å². The molecule has 2 saturated carbocycles. The Balaban J connectivity index is 0.000000202. The van der Waals surface area contributed by atoms with Gasteiger partial charge in [0.2, 0.25) is 0 Å². The van der Waals surface area contributed by atoms with Gasteiger partial charge in [-0.15, -0.1) is 0 Å². The quantitative estimate of drug-likeness (QED) is 0.699. The van der Waals surface area contributed by atoms with Crippen LogP contribution in [-0.2, 0) is 0 Å². The second kappa shape index (κ2) is 8.13. The first-order valence-corrected chi connectivity index (χ1v) is 7.79. The molecule has 3 unspecified atom stereocenters. The molecule has 2 fully saturated rings. The van der Waals surface area contributed by atoms with E-state index in [0.717, 1.165) is 12.3 Å². The van der Waals surface area contributed by atoms with E-state index >= 15 is 0 Å². The van der Waals surface area contributed by atoms with E-state index in [-0.39, 0.29) is 6.10 Å². The zero-order valence-corrected chi connectivity index (χ0v) is 12.1. The monoisotopic (exact) mass is 240 g/mol. The summed E-state index contributed by atoms with van der Waals surface area (Å²) in [6.07, 6.45) is 12.5. The molecule has 0 saturated heterocycles. The first-order chi connectivity index (χ1) is 8.11. The summed E-state index contributed by atoms with van der Waals surface area (Å²) in [6, 6.07) is 0. The highest BCUT2D eigenvalue weighted by molar-refractivity contribution is 4.79. The predicted molar refractivity (Wildman–Crippen MR) is 75.1 cm³/mol. The fourth-order valence-corrected chi connectivity index (χ4v) is 3.21. The average Bonchev–Trinajstić information content (AvgIpc) is 2.31. The van der Waals surface area contributed by atoms with Crippen molar-refractivity contribution in [1.82, 2.24) is 0 Å². The summed E-state index contributed by atoms with van der Waals surface area (Å²) < 4.78 is 0. The summed E-state index contributed by atoms with van der Waals surface area (Å²) in [7, 11) is 0.